The second-order valence-corrected chi connectivity index (χ2v) is 5.59. The molecule has 1 unspecified atom stereocenters. The lowest BCUT2D eigenvalue weighted by Crippen LogP contribution is -2.36. The molecule has 1 saturated carbocycles. The largest absolute Gasteiger partial charge is 0.483 e. The molecule has 0 aromatic heterocycles. The highest BCUT2D eigenvalue weighted by Gasteiger charge is 2.22. The summed E-state index contributed by atoms with van der Waals surface area (Å²) < 4.78 is 0. The summed E-state index contributed by atoms with van der Waals surface area (Å²) in [5.41, 5.74) is 1.68. The second kappa shape index (κ2) is 6.08. The molecule has 2 aliphatic rings. The van der Waals surface area contributed by atoms with E-state index in [1.165, 1.54) is 47.0 Å². The summed E-state index contributed by atoms with van der Waals surface area (Å²) in [6, 6.07) is 13.2. The van der Waals surface area contributed by atoms with Crippen LogP contribution in [0.25, 0.3) is 16.3 Å². The molecule has 1 N–H and O–H groups in total. The lowest BCUT2D eigenvalue weighted by molar-refractivity contribution is -0.122. The van der Waals surface area contributed by atoms with E-state index < -0.39 is 0 Å². The molecule has 21 heavy (non-hydrogen) atoms. The number of carboxylic acid groups (broad SMARTS) is 1. The number of carbonyl (C=O) groups is 1. The molecular formula is C18H19NO2. The van der Waals surface area contributed by atoms with Gasteiger partial charge in [0.25, 0.3) is 6.47 Å². The Morgan fingerprint density at radius 3 is 2.81 bits per heavy atom. The minimum absolute atomic E-state index is 0.250. The van der Waals surface area contributed by atoms with Gasteiger partial charge < -0.3 is 5.11 Å². The highest BCUT2D eigenvalue weighted by Crippen LogP contribution is 2.31. The Labute approximate surface area is 123 Å². The maximum absolute atomic E-state index is 8.36. The topological polar surface area (TPSA) is 49.7 Å². The van der Waals surface area contributed by atoms with Crippen LogP contribution < -0.4 is 10.6 Å². The SMILES string of the molecule is O=CO.c1ccc2c3c(ccc2c1)=NCC1CCCCC=31. The van der Waals surface area contributed by atoms with Gasteiger partial charge in [0.15, 0.2) is 0 Å². The molecule has 1 aliphatic carbocycles. The van der Waals surface area contributed by atoms with Crippen molar-refractivity contribution < 1.29 is 9.90 Å². The smallest absolute Gasteiger partial charge is 0.290 e. The van der Waals surface area contributed by atoms with Gasteiger partial charge in [-0.1, -0.05) is 42.3 Å². The van der Waals surface area contributed by atoms with Crippen molar-refractivity contribution in [3.8, 4) is 0 Å². The highest BCUT2D eigenvalue weighted by atomic mass is 16.3. The predicted octanol–water partition coefficient (Wildman–Crippen LogP) is 2.51. The zero-order valence-corrected chi connectivity index (χ0v) is 12.0. The van der Waals surface area contributed by atoms with Crippen molar-refractivity contribution in [2.75, 3.05) is 6.54 Å². The molecule has 3 nitrogen and oxygen atoms in total. The number of hydrogen-bond donors (Lipinski definition) is 1. The van der Waals surface area contributed by atoms with E-state index >= 15 is 0 Å². The van der Waals surface area contributed by atoms with Crippen LogP contribution in [0.1, 0.15) is 25.7 Å². The Morgan fingerprint density at radius 1 is 1.14 bits per heavy atom. The molecule has 1 aliphatic heterocycles. The zero-order valence-electron chi connectivity index (χ0n) is 12.0. The molecule has 1 atom stereocenters. The first-order chi connectivity index (χ1) is 10.3. The van der Waals surface area contributed by atoms with Crippen molar-refractivity contribution in [1.29, 1.82) is 0 Å². The van der Waals surface area contributed by atoms with Crippen LogP contribution in [0.2, 0.25) is 0 Å². The molecular weight excluding hydrogens is 262 g/mol. The summed E-state index contributed by atoms with van der Waals surface area (Å²) >= 11 is 0. The van der Waals surface area contributed by atoms with Crippen LogP contribution in [-0.2, 0) is 4.79 Å². The Balaban J connectivity index is 0.000000409. The van der Waals surface area contributed by atoms with Crippen molar-refractivity contribution >= 4 is 22.8 Å². The van der Waals surface area contributed by atoms with E-state index in [2.05, 4.69) is 36.4 Å². The molecule has 0 spiro atoms. The number of benzene rings is 2. The van der Waals surface area contributed by atoms with Crippen molar-refractivity contribution in [3.05, 3.63) is 47.0 Å². The summed E-state index contributed by atoms with van der Waals surface area (Å²) in [5, 5.41) is 12.3. The van der Waals surface area contributed by atoms with Crippen molar-refractivity contribution in [2.45, 2.75) is 25.7 Å². The second-order valence-electron chi connectivity index (χ2n) is 5.59. The van der Waals surface area contributed by atoms with E-state index in [0.29, 0.717) is 0 Å². The molecule has 0 bridgehead atoms. The van der Waals surface area contributed by atoms with Gasteiger partial charge in [0.1, 0.15) is 0 Å². The fraction of sp³-hybridized carbons (Fsp3) is 0.333. The fourth-order valence-electron chi connectivity index (χ4n) is 3.55. The third-order valence-corrected chi connectivity index (χ3v) is 4.45. The van der Waals surface area contributed by atoms with Gasteiger partial charge in [-0.05, 0) is 36.1 Å². The fourth-order valence-corrected chi connectivity index (χ4v) is 3.55. The molecule has 1 heterocycles. The van der Waals surface area contributed by atoms with Gasteiger partial charge in [-0.25, -0.2) is 0 Å². The molecule has 2 aromatic rings. The maximum atomic E-state index is 8.36. The lowest BCUT2D eigenvalue weighted by atomic mass is 9.81. The summed E-state index contributed by atoms with van der Waals surface area (Å²) in [6.07, 6.45) is 5.35. The Morgan fingerprint density at radius 2 is 1.95 bits per heavy atom. The van der Waals surface area contributed by atoms with Crippen LogP contribution in [0.4, 0.5) is 0 Å². The minimum atomic E-state index is -0.250. The molecule has 0 radical (unpaired) electrons. The van der Waals surface area contributed by atoms with E-state index in [9.17, 15) is 0 Å². The molecule has 4 rings (SSSR count). The van der Waals surface area contributed by atoms with E-state index in [1.807, 2.05) is 0 Å². The molecule has 0 saturated heterocycles. The summed E-state index contributed by atoms with van der Waals surface area (Å²) in [6.45, 7) is 0.765. The third-order valence-electron chi connectivity index (χ3n) is 4.45. The van der Waals surface area contributed by atoms with E-state index in [-0.39, 0.29) is 6.47 Å². The Hall–Kier alpha value is -2.16. The van der Waals surface area contributed by atoms with Crippen LogP contribution in [0.3, 0.4) is 0 Å². The summed E-state index contributed by atoms with van der Waals surface area (Å²) in [4.78, 5) is 13.2. The number of fused-ring (bicyclic) bond motifs is 4. The van der Waals surface area contributed by atoms with Crippen LogP contribution in [0, 0.1) is 5.92 Å². The minimum Gasteiger partial charge on any atom is -0.483 e. The highest BCUT2D eigenvalue weighted by molar-refractivity contribution is 5.85. The standard InChI is InChI=1S/C17H17N.CH2O2/c1-3-7-14-12(5-1)9-10-16-17(14)15-8-4-2-6-13(15)11-18-16;2-1-3/h1,3,5,7,9-10,13H,2,4,6,8,11H2;1H,(H,2,3). The lowest BCUT2D eigenvalue weighted by Gasteiger charge is -2.27. The van der Waals surface area contributed by atoms with Gasteiger partial charge in [0.05, 0.1) is 5.36 Å². The van der Waals surface area contributed by atoms with Crippen LogP contribution >= 0.6 is 0 Å². The van der Waals surface area contributed by atoms with Crippen LogP contribution in [0.15, 0.2) is 41.4 Å². The average Bonchev–Trinajstić information content (AvgIpc) is 2.55. The summed E-state index contributed by atoms with van der Waals surface area (Å²) in [7, 11) is 0. The van der Waals surface area contributed by atoms with Gasteiger partial charge in [0, 0.05) is 17.7 Å². The van der Waals surface area contributed by atoms with Gasteiger partial charge in [0.2, 0.25) is 0 Å². The number of nitrogens with zero attached hydrogens (tertiary/aromatic N) is 1. The Bertz CT molecular complexity index is 779. The molecule has 3 heteroatoms. The van der Waals surface area contributed by atoms with Crippen LogP contribution in [0.5, 0.6) is 0 Å². The first kappa shape index (κ1) is 13.8. The zero-order chi connectivity index (χ0) is 14.7. The molecule has 1 fully saturated rings. The Kier molecular flexibility index (Phi) is 4.00. The summed E-state index contributed by atoms with van der Waals surface area (Å²) in [5.74, 6) is 0.719. The monoisotopic (exact) mass is 281 g/mol. The van der Waals surface area contributed by atoms with Gasteiger partial charge in [-0.2, -0.15) is 0 Å². The van der Waals surface area contributed by atoms with Crippen molar-refractivity contribution in [2.24, 2.45) is 10.9 Å². The van der Waals surface area contributed by atoms with Gasteiger partial charge in [-0.3, -0.25) is 9.79 Å². The van der Waals surface area contributed by atoms with Crippen LogP contribution in [-0.4, -0.2) is 18.1 Å². The van der Waals surface area contributed by atoms with E-state index in [0.717, 1.165) is 12.5 Å². The number of rotatable bonds is 0. The van der Waals surface area contributed by atoms with Crippen molar-refractivity contribution in [1.82, 2.24) is 0 Å². The maximum Gasteiger partial charge on any atom is 0.290 e. The van der Waals surface area contributed by atoms with E-state index in [4.69, 9.17) is 14.9 Å². The third kappa shape index (κ3) is 2.56. The first-order valence-corrected chi connectivity index (χ1v) is 7.48. The van der Waals surface area contributed by atoms with Crippen molar-refractivity contribution in [3.63, 3.8) is 0 Å². The molecule has 2 aromatic carbocycles. The molecule has 108 valence electrons. The molecule has 0 amide bonds. The first-order valence-electron chi connectivity index (χ1n) is 7.48. The average molecular weight is 281 g/mol. The normalized spacial score (nSPS) is 19.6. The predicted molar refractivity (Wildman–Crippen MR) is 83.7 cm³/mol. The van der Waals surface area contributed by atoms with Gasteiger partial charge >= 0.3 is 0 Å². The van der Waals surface area contributed by atoms with Gasteiger partial charge in [-0.15, -0.1) is 0 Å². The van der Waals surface area contributed by atoms with E-state index in [1.54, 1.807) is 5.57 Å². The quantitative estimate of drug-likeness (QED) is 0.754. The number of hydrogen-bond acceptors (Lipinski definition) is 2.